The number of aliphatic hydroxyl groups is 1. The lowest BCUT2D eigenvalue weighted by Crippen LogP contribution is -2.27. The van der Waals surface area contributed by atoms with Gasteiger partial charge in [-0.3, -0.25) is 14.4 Å². The van der Waals surface area contributed by atoms with E-state index in [1.165, 1.54) is 0 Å². The number of amides is 1. The minimum atomic E-state index is -0.938. The second-order valence-corrected chi connectivity index (χ2v) is 12.9. The van der Waals surface area contributed by atoms with Crippen LogP contribution in [-0.2, 0) is 20.8 Å². The van der Waals surface area contributed by atoms with E-state index in [9.17, 15) is 29.7 Å². The van der Waals surface area contributed by atoms with Gasteiger partial charge in [0.15, 0.2) is 0 Å². The van der Waals surface area contributed by atoms with Crippen molar-refractivity contribution >= 4 is 47.1 Å². The Morgan fingerprint density at radius 1 is 0.769 bits per heavy atom. The van der Waals surface area contributed by atoms with Crippen molar-refractivity contribution in [2.45, 2.75) is 66.2 Å². The van der Waals surface area contributed by atoms with Gasteiger partial charge in [-0.2, -0.15) is 0 Å². The van der Waals surface area contributed by atoms with E-state index in [-0.39, 0.29) is 63.3 Å². The van der Waals surface area contributed by atoms with Crippen LogP contribution in [0, 0.1) is 6.92 Å². The fraction of sp³-hybridized carbons (Fsp3) is 0.300. The highest BCUT2D eigenvalue weighted by molar-refractivity contribution is 6.37. The predicted octanol–water partition coefficient (Wildman–Crippen LogP) is 6.14. The van der Waals surface area contributed by atoms with E-state index in [1.807, 2.05) is 45.9 Å². The number of rotatable bonds is 13. The van der Waals surface area contributed by atoms with Crippen LogP contribution in [0.2, 0.25) is 0 Å². The van der Waals surface area contributed by atoms with Gasteiger partial charge in [0.1, 0.15) is 5.76 Å². The lowest BCUT2D eigenvalue weighted by Gasteiger charge is -2.14. The van der Waals surface area contributed by atoms with E-state index >= 15 is 0 Å². The number of hydrogen-bond donors (Lipinski definition) is 6. The van der Waals surface area contributed by atoms with E-state index in [0.717, 1.165) is 39.0 Å². The Morgan fingerprint density at radius 3 is 2.08 bits per heavy atom. The highest BCUT2D eigenvalue weighted by Gasteiger charge is 2.33. The second-order valence-electron chi connectivity index (χ2n) is 12.9. The van der Waals surface area contributed by atoms with Gasteiger partial charge in [0, 0.05) is 61.3 Å². The molecule has 5 rings (SSSR count). The number of nitrogens with one attached hydrogen (secondary N) is 2. The maximum Gasteiger partial charge on any atom is 0.303 e. The molecule has 8 bridgehead atoms. The first-order valence-electron chi connectivity index (χ1n) is 17.1. The third-order valence-corrected chi connectivity index (χ3v) is 9.62. The maximum absolute atomic E-state index is 12.2. The fourth-order valence-electron chi connectivity index (χ4n) is 6.75. The summed E-state index contributed by atoms with van der Waals surface area (Å²) in [4.78, 5) is 54.1. The summed E-state index contributed by atoms with van der Waals surface area (Å²) in [5, 5.41) is 33.8. The number of allylic oxidation sites excluding steroid dienone is 9. The Balaban J connectivity index is 1.82. The number of aliphatic carboxylic acids is 2. The van der Waals surface area contributed by atoms with Crippen LogP contribution in [0.1, 0.15) is 75.4 Å². The standard InChI is InChI=1S/C40H44N6O6/c1-7-24-23(6)39-38(34(47)14-16-42-35(48)13-15-41)40-25(8-2)20(3)30(45-40)17-28-21(4)26(9-11-36(49)50)32(43-28)19-33-27(10-12-37(51)52)22(5)29(44-33)18-31(24)46-39/h7-8,17-19,44,47H,1-2,9-16,41H2,3-6H3,(H,42,48)(H,49,50)(H,51,52). The van der Waals surface area contributed by atoms with Crippen molar-refractivity contribution < 1.29 is 29.7 Å². The molecule has 1 aromatic heterocycles. The largest absolute Gasteiger partial charge is 0.511 e. The molecule has 0 unspecified atom stereocenters. The van der Waals surface area contributed by atoms with E-state index in [4.69, 9.17) is 20.7 Å². The summed E-state index contributed by atoms with van der Waals surface area (Å²) < 4.78 is 0. The lowest BCUT2D eigenvalue weighted by molar-refractivity contribution is -0.138. The summed E-state index contributed by atoms with van der Waals surface area (Å²) in [6.07, 6.45) is 9.49. The fourth-order valence-corrected chi connectivity index (χ4v) is 6.75. The van der Waals surface area contributed by atoms with Crippen molar-refractivity contribution in [3.05, 3.63) is 116 Å². The predicted molar refractivity (Wildman–Crippen MR) is 204 cm³/mol. The number of carbonyl (C=O) groups is 3. The van der Waals surface area contributed by atoms with Gasteiger partial charge < -0.3 is 31.4 Å². The van der Waals surface area contributed by atoms with Gasteiger partial charge in [-0.1, -0.05) is 25.3 Å². The van der Waals surface area contributed by atoms with Crippen molar-refractivity contribution in [3.8, 4) is 0 Å². The molecule has 0 aromatic carbocycles. The number of fused-ring (bicyclic) bond motifs is 5. The Bertz CT molecular complexity index is 2120. The SMILES string of the molecule is C=CC1=C(C)C2=NC1=Cc1[nH]c(c(CCC(=O)O)c1C)C=C1N=C(C=C3N=C(C(C=C)=C3C)C2=C(O)CCNC(=O)CCN)C(C)=C1CCC(=O)O. The molecule has 1 amide bonds. The molecule has 0 spiro atoms. The quantitative estimate of drug-likeness (QED) is 0.132. The topological polar surface area (TPSA) is 203 Å². The summed E-state index contributed by atoms with van der Waals surface area (Å²) in [5.74, 6) is -2.13. The number of nitrogens with zero attached hydrogens (tertiary/aromatic N) is 3. The average molecular weight is 705 g/mol. The Kier molecular flexibility index (Phi) is 11.2. The van der Waals surface area contributed by atoms with Gasteiger partial charge in [0.05, 0.1) is 39.8 Å². The van der Waals surface area contributed by atoms with Gasteiger partial charge in [0.2, 0.25) is 5.91 Å². The summed E-state index contributed by atoms with van der Waals surface area (Å²) in [7, 11) is 0. The number of aromatic nitrogens is 1. The number of carbonyl (C=O) groups excluding carboxylic acids is 1. The van der Waals surface area contributed by atoms with Crippen molar-refractivity contribution in [2.75, 3.05) is 13.1 Å². The molecule has 7 N–H and O–H groups in total. The molecule has 52 heavy (non-hydrogen) atoms. The second kappa shape index (κ2) is 15.6. The molecular formula is C40H44N6O6. The zero-order chi connectivity index (χ0) is 37.9. The number of nitrogens with two attached hydrogens (primary N) is 1. The van der Waals surface area contributed by atoms with Crippen LogP contribution < -0.4 is 11.1 Å². The number of aliphatic hydroxyl groups excluding tert-OH is 1. The first kappa shape index (κ1) is 37.4. The van der Waals surface area contributed by atoms with Crippen molar-refractivity contribution in [1.29, 1.82) is 0 Å². The molecule has 12 nitrogen and oxygen atoms in total. The highest BCUT2D eigenvalue weighted by atomic mass is 16.4. The van der Waals surface area contributed by atoms with Crippen molar-refractivity contribution in [3.63, 3.8) is 0 Å². The number of hydrogen-bond acceptors (Lipinski definition) is 8. The minimum Gasteiger partial charge on any atom is -0.511 e. The highest BCUT2D eigenvalue weighted by Crippen LogP contribution is 2.39. The van der Waals surface area contributed by atoms with Gasteiger partial charge in [0.25, 0.3) is 0 Å². The zero-order valence-electron chi connectivity index (χ0n) is 29.9. The van der Waals surface area contributed by atoms with Crippen LogP contribution in [0.4, 0.5) is 0 Å². The molecule has 0 saturated heterocycles. The molecule has 12 heteroatoms. The van der Waals surface area contributed by atoms with E-state index < -0.39 is 11.9 Å². The van der Waals surface area contributed by atoms with Crippen LogP contribution in [-0.4, -0.2) is 68.4 Å². The van der Waals surface area contributed by atoms with E-state index in [0.29, 0.717) is 56.8 Å². The number of H-pyrrole nitrogens is 1. The van der Waals surface area contributed by atoms with Gasteiger partial charge in [-0.05, 0) is 92.2 Å². The summed E-state index contributed by atoms with van der Waals surface area (Å²) in [5.41, 5.74) is 16.7. The van der Waals surface area contributed by atoms with Crippen LogP contribution in [0.25, 0.3) is 12.2 Å². The summed E-state index contributed by atoms with van der Waals surface area (Å²) in [6, 6.07) is 0. The minimum absolute atomic E-state index is 0.0335. The lowest BCUT2D eigenvalue weighted by atomic mass is 9.91. The van der Waals surface area contributed by atoms with Crippen molar-refractivity contribution in [2.24, 2.45) is 20.7 Å². The molecule has 270 valence electrons. The number of carboxylic acids is 2. The van der Waals surface area contributed by atoms with Gasteiger partial charge >= 0.3 is 11.9 Å². The molecule has 0 fully saturated rings. The van der Waals surface area contributed by atoms with Gasteiger partial charge in [-0.25, -0.2) is 15.0 Å². The molecule has 4 aliphatic heterocycles. The number of aliphatic imine (C=N–C) groups is 3. The van der Waals surface area contributed by atoms with Gasteiger partial charge in [-0.15, -0.1) is 0 Å². The average Bonchev–Trinajstić information content (AvgIpc) is 3.76. The third kappa shape index (κ3) is 7.42. The third-order valence-electron chi connectivity index (χ3n) is 9.62. The molecule has 0 radical (unpaired) electrons. The first-order chi connectivity index (χ1) is 24.8. The normalized spacial score (nSPS) is 17.7. The Hall–Kier alpha value is -5.88. The van der Waals surface area contributed by atoms with E-state index in [1.54, 1.807) is 12.2 Å². The maximum atomic E-state index is 12.2. The number of aromatic amines is 1. The first-order valence-corrected chi connectivity index (χ1v) is 17.1. The summed E-state index contributed by atoms with van der Waals surface area (Å²) >= 11 is 0. The van der Waals surface area contributed by atoms with E-state index in [2.05, 4.69) is 23.5 Å². The molecule has 5 heterocycles. The molecule has 1 aromatic rings. The molecule has 0 aliphatic carbocycles. The Labute approximate surface area is 302 Å². The van der Waals surface area contributed by atoms with Crippen LogP contribution in [0.15, 0.2) is 108 Å². The molecule has 0 atom stereocenters. The van der Waals surface area contributed by atoms with Crippen LogP contribution >= 0.6 is 0 Å². The van der Waals surface area contributed by atoms with Crippen LogP contribution in [0.3, 0.4) is 0 Å². The molecular weight excluding hydrogens is 660 g/mol. The molecule has 0 saturated carbocycles. The molecule has 4 aliphatic rings. The smallest absolute Gasteiger partial charge is 0.303 e. The zero-order valence-corrected chi connectivity index (χ0v) is 29.9. The Morgan fingerprint density at radius 2 is 1.42 bits per heavy atom. The summed E-state index contributed by atoms with van der Waals surface area (Å²) in [6.45, 7) is 16.1. The number of carboxylic acid groups (broad SMARTS) is 2. The van der Waals surface area contributed by atoms with Crippen molar-refractivity contribution in [1.82, 2.24) is 10.3 Å². The monoisotopic (exact) mass is 704 g/mol. The van der Waals surface area contributed by atoms with Crippen LogP contribution in [0.5, 0.6) is 0 Å².